The zero-order valence-corrected chi connectivity index (χ0v) is 12.3. The fraction of sp³-hybridized carbons (Fsp3) is 0.538. The predicted octanol–water partition coefficient (Wildman–Crippen LogP) is 1.45. The van der Waals surface area contributed by atoms with Gasteiger partial charge in [0.2, 0.25) is 11.2 Å². The van der Waals surface area contributed by atoms with Gasteiger partial charge in [-0.15, -0.1) is 0 Å². The van der Waals surface area contributed by atoms with Crippen molar-refractivity contribution in [2.24, 2.45) is 0 Å². The molecule has 21 heavy (non-hydrogen) atoms. The summed E-state index contributed by atoms with van der Waals surface area (Å²) in [5, 5.41) is 13.8. The maximum absolute atomic E-state index is 9.61. The van der Waals surface area contributed by atoms with Crippen molar-refractivity contribution >= 4 is 17.5 Å². The molecule has 112 valence electrons. The number of rotatable bonds is 3. The van der Waals surface area contributed by atoms with E-state index in [0.29, 0.717) is 11.9 Å². The highest BCUT2D eigenvalue weighted by Crippen LogP contribution is 2.22. The molecule has 3 rings (SSSR count). The van der Waals surface area contributed by atoms with Gasteiger partial charge in [-0.25, -0.2) is 4.68 Å². The van der Waals surface area contributed by atoms with Crippen LogP contribution in [0.25, 0.3) is 5.95 Å². The molecule has 2 aromatic heterocycles. The minimum Gasteiger partial charge on any atom is -0.394 e. The van der Waals surface area contributed by atoms with Crippen molar-refractivity contribution in [2.45, 2.75) is 31.7 Å². The highest BCUT2D eigenvalue weighted by molar-refractivity contribution is 6.28. The number of aliphatic hydroxyl groups is 1. The van der Waals surface area contributed by atoms with Crippen LogP contribution in [0.5, 0.6) is 0 Å². The third kappa shape index (κ3) is 3.14. The van der Waals surface area contributed by atoms with E-state index in [0.717, 1.165) is 32.2 Å². The summed E-state index contributed by atoms with van der Waals surface area (Å²) in [4.78, 5) is 14.8. The summed E-state index contributed by atoms with van der Waals surface area (Å²) in [5.74, 6) is 0.886. The second-order valence-corrected chi connectivity index (χ2v) is 5.37. The van der Waals surface area contributed by atoms with Crippen molar-refractivity contribution < 1.29 is 5.11 Å². The summed E-state index contributed by atoms with van der Waals surface area (Å²) in [5.41, 5.74) is 0. The Kier molecular flexibility index (Phi) is 4.31. The molecule has 1 aliphatic rings. The Morgan fingerprint density at radius 2 is 2.05 bits per heavy atom. The lowest BCUT2D eigenvalue weighted by atomic mass is 10.1. The fourth-order valence-electron chi connectivity index (χ4n) is 2.58. The van der Waals surface area contributed by atoms with E-state index in [9.17, 15) is 5.11 Å². The maximum atomic E-state index is 9.61. The van der Waals surface area contributed by atoms with E-state index < -0.39 is 0 Å². The summed E-state index contributed by atoms with van der Waals surface area (Å²) < 4.78 is 1.54. The molecule has 1 fully saturated rings. The van der Waals surface area contributed by atoms with Crippen LogP contribution in [0.4, 0.5) is 5.95 Å². The SMILES string of the molecule is OCC1CCCCCN1c1nc(Cl)nc(-n2cccn2)n1. The Balaban J connectivity index is 1.96. The molecule has 0 aromatic carbocycles. The van der Waals surface area contributed by atoms with E-state index in [1.54, 1.807) is 23.1 Å². The first-order chi connectivity index (χ1) is 10.3. The molecule has 0 spiro atoms. The van der Waals surface area contributed by atoms with Gasteiger partial charge in [-0.1, -0.05) is 12.8 Å². The fourth-order valence-corrected chi connectivity index (χ4v) is 2.73. The Hall–Kier alpha value is -1.73. The second-order valence-electron chi connectivity index (χ2n) is 5.03. The molecule has 8 heteroatoms. The summed E-state index contributed by atoms with van der Waals surface area (Å²) in [6.45, 7) is 0.893. The molecule has 7 nitrogen and oxygen atoms in total. The monoisotopic (exact) mass is 308 g/mol. The first-order valence-electron chi connectivity index (χ1n) is 7.07. The van der Waals surface area contributed by atoms with Crippen molar-refractivity contribution in [1.29, 1.82) is 0 Å². The van der Waals surface area contributed by atoms with Crippen LogP contribution in [0.2, 0.25) is 5.28 Å². The summed E-state index contributed by atoms with van der Waals surface area (Å²) >= 11 is 6.03. The van der Waals surface area contributed by atoms with Gasteiger partial charge < -0.3 is 10.0 Å². The minimum atomic E-state index is 0.0245. The van der Waals surface area contributed by atoms with Gasteiger partial charge in [-0.05, 0) is 30.5 Å². The molecule has 1 unspecified atom stereocenters. The van der Waals surface area contributed by atoms with Gasteiger partial charge in [0.25, 0.3) is 5.95 Å². The molecule has 1 N–H and O–H groups in total. The Morgan fingerprint density at radius 1 is 1.19 bits per heavy atom. The Morgan fingerprint density at radius 3 is 2.81 bits per heavy atom. The smallest absolute Gasteiger partial charge is 0.256 e. The number of hydrogen-bond acceptors (Lipinski definition) is 6. The molecule has 1 aliphatic heterocycles. The molecular formula is C13H17ClN6O. The van der Waals surface area contributed by atoms with E-state index in [-0.39, 0.29) is 17.9 Å². The van der Waals surface area contributed by atoms with E-state index in [2.05, 4.69) is 20.1 Å². The molecule has 3 heterocycles. The van der Waals surface area contributed by atoms with Crippen molar-refractivity contribution in [3.05, 3.63) is 23.7 Å². The molecule has 0 saturated carbocycles. The number of hydrogen-bond donors (Lipinski definition) is 1. The zero-order valence-electron chi connectivity index (χ0n) is 11.6. The van der Waals surface area contributed by atoms with E-state index in [1.165, 1.54) is 0 Å². The van der Waals surface area contributed by atoms with Gasteiger partial charge in [0.05, 0.1) is 12.6 Å². The minimum absolute atomic E-state index is 0.0245. The lowest BCUT2D eigenvalue weighted by Crippen LogP contribution is -2.39. The molecule has 0 radical (unpaired) electrons. The number of aromatic nitrogens is 5. The van der Waals surface area contributed by atoms with Crippen molar-refractivity contribution in [3.8, 4) is 5.95 Å². The van der Waals surface area contributed by atoms with Crippen LogP contribution in [0.1, 0.15) is 25.7 Å². The highest BCUT2D eigenvalue weighted by atomic mass is 35.5. The highest BCUT2D eigenvalue weighted by Gasteiger charge is 2.24. The molecule has 2 aromatic rings. The summed E-state index contributed by atoms with van der Waals surface area (Å²) in [6, 6.07) is 1.82. The van der Waals surface area contributed by atoms with Crippen LogP contribution >= 0.6 is 11.6 Å². The molecular weight excluding hydrogens is 292 g/mol. The maximum Gasteiger partial charge on any atom is 0.256 e. The van der Waals surface area contributed by atoms with E-state index in [1.807, 2.05) is 4.90 Å². The van der Waals surface area contributed by atoms with Crippen LogP contribution in [0.3, 0.4) is 0 Å². The Bertz CT molecular complexity index is 590. The quantitative estimate of drug-likeness (QED) is 0.924. The lowest BCUT2D eigenvalue weighted by Gasteiger charge is -2.28. The lowest BCUT2D eigenvalue weighted by molar-refractivity contribution is 0.254. The zero-order chi connectivity index (χ0) is 14.7. The van der Waals surface area contributed by atoms with Crippen molar-refractivity contribution in [1.82, 2.24) is 24.7 Å². The number of aliphatic hydroxyl groups excluding tert-OH is 1. The van der Waals surface area contributed by atoms with Crippen LogP contribution in [-0.4, -0.2) is 49.0 Å². The Labute approximate surface area is 127 Å². The molecule has 0 aliphatic carbocycles. The molecule has 1 atom stereocenters. The van der Waals surface area contributed by atoms with Gasteiger partial charge >= 0.3 is 0 Å². The van der Waals surface area contributed by atoms with Crippen LogP contribution < -0.4 is 4.90 Å². The van der Waals surface area contributed by atoms with E-state index in [4.69, 9.17) is 11.6 Å². The predicted molar refractivity (Wildman–Crippen MR) is 78.6 cm³/mol. The first kappa shape index (κ1) is 14.2. The standard InChI is InChI=1S/C13H17ClN6O/c14-11-16-12(18-13(17-11)20-8-4-6-15-20)19-7-3-1-2-5-10(19)9-21/h4,6,8,10,21H,1-3,5,7,9H2. The van der Waals surface area contributed by atoms with Gasteiger partial charge in [0.15, 0.2) is 0 Å². The van der Waals surface area contributed by atoms with Crippen LogP contribution in [-0.2, 0) is 0 Å². The number of anilines is 1. The second kappa shape index (κ2) is 6.36. The third-order valence-corrected chi connectivity index (χ3v) is 3.81. The van der Waals surface area contributed by atoms with Crippen LogP contribution in [0.15, 0.2) is 18.5 Å². The normalized spacial score (nSPS) is 19.5. The molecule has 0 bridgehead atoms. The van der Waals surface area contributed by atoms with E-state index >= 15 is 0 Å². The first-order valence-corrected chi connectivity index (χ1v) is 7.45. The van der Waals surface area contributed by atoms with Crippen molar-refractivity contribution in [2.75, 3.05) is 18.1 Å². The van der Waals surface area contributed by atoms with Gasteiger partial charge in [-0.2, -0.15) is 20.1 Å². The average molecular weight is 309 g/mol. The molecule has 1 saturated heterocycles. The third-order valence-electron chi connectivity index (χ3n) is 3.64. The summed E-state index contributed by atoms with van der Waals surface area (Å²) in [7, 11) is 0. The van der Waals surface area contributed by atoms with Crippen molar-refractivity contribution in [3.63, 3.8) is 0 Å². The van der Waals surface area contributed by atoms with Crippen LogP contribution in [0, 0.1) is 0 Å². The van der Waals surface area contributed by atoms with Gasteiger partial charge in [0, 0.05) is 18.9 Å². The number of nitrogens with zero attached hydrogens (tertiary/aromatic N) is 6. The molecule has 0 amide bonds. The largest absolute Gasteiger partial charge is 0.394 e. The average Bonchev–Trinajstić information content (AvgIpc) is 2.91. The topological polar surface area (TPSA) is 80.0 Å². The summed E-state index contributed by atoms with van der Waals surface area (Å²) in [6.07, 6.45) is 7.64. The van der Waals surface area contributed by atoms with Gasteiger partial charge in [-0.3, -0.25) is 0 Å². The number of halogens is 1. The van der Waals surface area contributed by atoms with Gasteiger partial charge in [0.1, 0.15) is 0 Å².